The van der Waals surface area contributed by atoms with Crippen LogP contribution in [0, 0.1) is 6.92 Å². The zero-order valence-corrected chi connectivity index (χ0v) is 19.0. The Kier molecular flexibility index (Phi) is 8.96. The van der Waals surface area contributed by atoms with E-state index in [1.807, 2.05) is 0 Å². The second-order valence-electron chi connectivity index (χ2n) is 6.32. The van der Waals surface area contributed by atoms with Crippen LogP contribution in [0.15, 0.2) is 30.3 Å². The van der Waals surface area contributed by atoms with Crippen LogP contribution in [-0.2, 0) is 19.1 Å². The quantitative estimate of drug-likeness (QED) is 0.436. The number of hydrogen-bond acceptors (Lipinski definition) is 8. The number of carbonyl (C=O) groups is 4. The van der Waals surface area contributed by atoms with Gasteiger partial charge in [0, 0.05) is 13.1 Å². The van der Waals surface area contributed by atoms with E-state index in [4.69, 9.17) is 14.2 Å². The number of ether oxygens (including phenoxy) is 3. The lowest BCUT2D eigenvalue weighted by Crippen LogP contribution is -2.21. The predicted molar refractivity (Wildman–Crippen MR) is 120 cm³/mol. The van der Waals surface area contributed by atoms with Crippen molar-refractivity contribution in [3.05, 3.63) is 51.9 Å². The zero-order chi connectivity index (χ0) is 23.7. The van der Waals surface area contributed by atoms with Crippen molar-refractivity contribution in [2.45, 2.75) is 13.8 Å². The van der Waals surface area contributed by atoms with Crippen molar-refractivity contribution in [2.75, 3.05) is 32.7 Å². The Morgan fingerprint density at radius 1 is 1.09 bits per heavy atom. The Balaban J connectivity index is 2.03. The first-order valence-corrected chi connectivity index (χ1v) is 10.4. The molecule has 9 nitrogen and oxygen atoms in total. The van der Waals surface area contributed by atoms with E-state index in [0.717, 1.165) is 16.9 Å². The van der Waals surface area contributed by atoms with E-state index in [9.17, 15) is 19.2 Å². The Labute approximate surface area is 189 Å². The van der Waals surface area contributed by atoms with Gasteiger partial charge in [-0.15, -0.1) is 11.3 Å². The molecular weight excluding hydrogens is 436 g/mol. The van der Waals surface area contributed by atoms with Gasteiger partial charge in [-0.3, -0.25) is 9.59 Å². The summed E-state index contributed by atoms with van der Waals surface area (Å²) in [4.78, 5) is 48.8. The zero-order valence-electron chi connectivity index (χ0n) is 18.1. The fourth-order valence-corrected chi connectivity index (χ4v) is 3.76. The maximum Gasteiger partial charge on any atom is 0.341 e. The summed E-state index contributed by atoms with van der Waals surface area (Å²) in [5.41, 5.74) is 1.24. The average molecular weight is 461 g/mol. The minimum Gasteiger partial charge on any atom is -0.497 e. The number of thiophene rings is 1. The molecule has 0 unspecified atom stereocenters. The van der Waals surface area contributed by atoms with Gasteiger partial charge in [-0.25, -0.2) is 9.59 Å². The fourth-order valence-electron chi connectivity index (χ4n) is 2.61. The Bertz CT molecular complexity index is 1030. The molecule has 0 aliphatic heterocycles. The van der Waals surface area contributed by atoms with Crippen molar-refractivity contribution >= 4 is 46.2 Å². The summed E-state index contributed by atoms with van der Waals surface area (Å²) in [6, 6.07) is 7.01. The molecule has 0 radical (unpaired) electrons. The van der Waals surface area contributed by atoms with Crippen molar-refractivity contribution in [2.24, 2.45) is 0 Å². The molecule has 1 heterocycles. The monoisotopic (exact) mass is 460 g/mol. The molecule has 0 aliphatic rings. The molecule has 32 heavy (non-hydrogen) atoms. The topological polar surface area (TPSA) is 120 Å². The first-order chi connectivity index (χ1) is 15.3. The fraction of sp³-hybridized carbons (Fsp3) is 0.273. The molecule has 0 saturated carbocycles. The molecule has 0 spiro atoms. The van der Waals surface area contributed by atoms with Crippen molar-refractivity contribution in [3.63, 3.8) is 0 Å². The van der Waals surface area contributed by atoms with Gasteiger partial charge in [0.2, 0.25) is 0 Å². The molecule has 2 rings (SSSR count). The summed E-state index contributed by atoms with van der Waals surface area (Å²) in [5, 5.41) is 5.15. The number of carbonyl (C=O) groups excluding carboxylic acids is 4. The van der Waals surface area contributed by atoms with Crippen LogP contribution in [0.25, 0.3) is 6.08 Å². The smallest absolute Gasteiger partial charge is 0.341 e. The molecule has 2 amide bonds. The number of amides is 2. The van der Waals surface area contributed by atoms with E-state index in [1.165, 1.54) is 19.2 Å². The van der Waals surface area contributed by atoms with Crippen LogP contribution in [-0.4, -0.2) is 51.1 Å². The number of benzene rings is 1. The van der Waals surface area contributed by atoms with Crippen molar-refractivity contribution in [3.8, 4) is 5.75 Å². The minimum atomic E-state index is -0.713. The minimum absolute atomic E-state index is 0.0922. The van der Waals surface area contributed by atoms with Crippen LogP contribution in [0.1, 0.15) is 38.1 Å². The summed E-state index contributed by atoms with van der Waals surface area (Å²) in [6.45, 7) is 2.80. The van der Waals surface area contributed by atoms with E-state index >= 15 is 0 Å². The van der Waals surface area contributed by atoms with Crippen LogP contribution in [0.5, 0.6) is 5.75 Å². The third kappa shape index (κ3) is 6.42. The van der Waals surface area contributed by atoms with Gasteiger partial charge < -0.3 is 24.8 Å². The lowest BCUT2D eigenvalue weighted by Gasteiger charge is -2.07. The molecule has 0 atom stereocenters. The highest BCUT2D eigenvalue weighted by Crippen LogP contribution is 2.33. The number of anilines is 1. The van der Waals surface area contributed by atoms with Crippen molar-refractivity contribution in [1.29, 1.82) is 0 Å². The summed E-state index contributed by atoms with van der Waals surface area (Å²) < 4.78 is 15.0. The second kappa shape index (κ2) is 11.7. The van der Waals surface area contributed by atoms with Gasteiger partial charge in [0.05, 0.1) is 24.2 Å². The normalized spacial score (nSPS) is 10.5. The summed E-state index contributed by atoms with van der Waals surface area (Å²) in [7, 11) is 3.02. The van der Waals surface area contributed by atoms with Crippen molar-refractivity contribution < 1.29 is 33.4 Å². The Morgan fingerprint density at radius 2 is 1.78 bits per heavy atom. The molecule has 2 aromatic rings. The molecule has 10 heteroatoms. The molecule has 1 aromatic carbocycles. The molecule has 2 N–H and O–H groups in total. The molecular formula is C22H24N2O7S. The van der Waals surface area contributed by atoms with E-state index in [-0.39, 0.29) is 22.0 Å². The van der Waals surface area contributed by atoms with Gasteiger partial charge in [0.25, 0.3) is 11.8 Å². The van der Waals surface area contributed by atoms with Gasteiger partial charge in [-0.1, -0.05) is 12.1 Å². The van der Waals surface area contributed by atoms with Gasteiger partial charge >= 0.3 is 11.9 Å². The first kappa shape index (κ1) is 24.6. The van der Waals surface area contributed by atoms with E-state index in [1.54, 1.807) is 45.2 Å². The lowest BCUT2D eigenvalue weighted by atomic mass is 10.1. The molecule has 0 fully saturated rings. The van der Waals surface area contributed by atoms with Crippen LogP contribution < -0.4 is 15.4 Å². The maximum atomic E-state index is 12.3. The largest absolute Gasteiger partial charge is 0.497 e. The van der Waals surface area contributed by atoms with Crippen LogP contribution >= 0.6 is 11.3 Å². The highest BCUT2D eigenvalue weighted by Gasteiger charge is 2.26. The van der Waals surface area contributed by atoms with Gasteiger partial charge in [0.1, 0.15) is 10.8 Å². The average Bonchev–Trinajstić information content (AvgIpc) is 3.11. The molecule has 1 aromatic heterocycles. The highest BCUT2D eigenvalue weighted by molar-refractivity contribution is 7.18. The molecule has 0 bridgehead atoms. The van der Waals surface area contributed by atoms with E-state index in [0.29, 0.717) is 11.3 Å². The predicted octanol–water partition coefficient (Wildman–Crippen LogP) is 2.80. The van der Waals surface area contributed by atoms with Crippen LogP contribution in [0.4, 0.5) is 5.00 Å². The summed E-state index contributed by atoms with van der Waals surface area (Å²) in [6.07, 6.45) is 2.73. The molecule has 0 aliphatic carbocycles. The first-order valence-electron chi connectivity index (χ1n) is 9.62. The third-order valence-corrected chi connectivity index (χ3v) is 5.39. The number of methoxy groups -OCH3 is 1. The second-order valence-corrected chi connectivity index (χ2v) is 7.34. The van der Waals surface area contributed by atoms with Gasteiger partial charge in [-0.2, -0.15) is 0 Å². The Hall–Kier alpha value is -3.66. The number of rotatable bonds is 9. The molecule has 170 valence electrons. The highest BCUT2D eigenvalue weighted by atomic mass is 32.1. The number of esters is 2. The standard InChI is InChI=1S/C22H24N2O7S/c1-5-30-22(28)18-13(2)19(20(27)23-3)32-21(18)24-16(25)12-31-17(26)11-8-14-6-9-15(29-4)10-7-14/h6-11H,5,12H2,1-4H3,(H,23,27)(H,24,25)/b11-8+. The lowest BCUT2D eigenvalue weighted by molar-refractivity contribution is -0.142. The molecule has 0 saturated heterocycles. The number of nitrogens with one attached hydrogen (secondary N) is 2. The van der Waals surface area contributed by atoms with Gasteiger partial charge in [-0.05, 0) is 43.2 Å². The van der Waals surface area contributed by atoms with Crippen LogP contribution in [0.3, 0.4) is 0 Å². The van der Waals surface area contributed by atoms with Gasteiger partial charge in [0.15, 0.2) is 6.61 Å². The number of hydrogen-bond donors (Lipinski definition) is 2. The maximum absolute atomic E-state index is 12.3. The third-order valence-electron chi connectivity index (χ3n) is 4.19. The van der Waals surface area contributed by atoms with Crippen LogP contribution in [0.2, 0.25) is 0 Å². The van der Waals surface area contributed by atoms with E-state index < -0.39 is 30.4 Å². The van der Waals surface area contributed by atoms with Crippen molar-refractivity contribution in [1.82, 2.24) is 5.32 Å². The van der Waals surface area contributed by atoms with E-state index in [2.05, 4.69) is 10.6 Å². The Morgan fingerprint density at radius 3 is 2.38 bits per heavy atom. The summed E-state index contributed by atoms with van der Waals surface area (Å²) in [5.74, 6) is -1.74. The summed E-state index contributed by atoms with van der Waals surface area (Å²) >= 11 is 0.937. The SMILES string of the molecule is CCOC(=O)c1c(NC(=O)COC(=O)/C=C/c2ccc(OC)cc2)sc(C(=O)NC)c1C.